The molecule has 3 heterocycles. The molecule has 0 aliphatic carbocycles. The number of rotatable bonds is 6. The molecule has 142 valence electrons. The van der Waals surface area contributed by atoms with Crippen LogP contribution < -0.4 is 0 Å². The van der Waals surface area contributed by atoms with Gasteiger partial charge >= 0.3 is 0 Å². The van der Waals surface area contributed by atoms with Crippen LogP contribution in [0.1, 0.15) is 36.0 Å². The molecule has 1 unspecified atom stereocenters. The van der Waals surface area contributed by atoms with Gasteiger partial charge in [-0.15, -0.1) is 0 Å². The Labute approximate surface area is 158 Å². The summed E-state index contributed by atoms with van der Waals surface area (Å²) in [5.74, 6) is 0.0870. The summed E-state index contributed by atoms with van der Waals surface area (Å²) >= 11 is 0. The molecule has 1 fully saturated rings. The third-order valence-electron chi connectivity index (χ3n) is 5.38. The quantitative estimate of drug-likeness (QED) is 0.725. The van der Waals surface area contributed by atoms with Crippen molar-refractivity contribution in [2.75, 3.05) is 13.2 Å². The predicted octanol–water partition coefficient (Wildman–Crippen LogP) is 2.31. The monoisotopic (exact) mass is 367 g/mol. The van der Waals surface area contributed by atoms with Gasteiger partial charge in [0.1, 0.15) is 0 Å². The number of fused-ring (bicyclic) bond motifs is 1. The normalized spacial score (nSPS) is 17.5. The van der Waals surface area contributed by atoms with Crippen molar-refractivity contribution in [2.45, 2.75) is 44.8 Å². The van der Waals surface area contributed by atoms with Gasteiger partial charge in [-0.25, -0.2) is 9.97 Å². The van der Waals surface area contributed by atoms with Gasteiger partial charge in [0.15, 0.2) is 0 Å². The molecule has 1 saturated heterocycles. The molecule has 7 nitrogen and oxygen atoms in total. The first kappa shape index (κ1) is 17.7. The molecule has 1 aliphatic rings. The van der Waals surface area contributed by atoms with Gasteiger partial charge in [0.05, 0.1) is 30.3 Å². The van der Waals surface area contributed by atoms with Crippen molar-refractivity contribution in [3.8, 4) is 0 Å². The lowest BCUT2D eigenvalue weighted by Gasteiger charge is -2.36. The minimum atomic E-state index is 0.0680. The van der Waals surface area contributed by atoms with Crippen LogP contribution >= 0.6 is 0 Å². The average Bonchev–Trinajstić information content (AvgIpc) is 3.36. The highest BCUT2D eigenvalue weighted by atomic mass is 16.3. The Morgan fingerprint density at radius 1 is 1.22 bits per heavy atom. The number of carbonyl (C=O) groups is 1. The maximum absolute atomic E-state index is 13.2. The molecule has 1 aromatic carbocycles. The van der Waals surface area contributed by atoms with Crippen LogP contribution in [0.5, 0.6) is 0 Å². The van der Waals surface area contributed by atoms with Crippen LogP contribution in [0.15, 0.2) is 43.2 Å². The number of carbonyl (C=O) groups excluding carboxylic acids is 1. The maximum Gasteiger partial charge on any atom is 0.254 e. The lowest BCUT2D eigenvalue weighted by Crippen LogP contribution is -2.44. The van der Waals surface area contributed by atoms with E-state index < -0.39 is 0 Å². The summed E-state index contributed by atoms with van der Waals surface area (Å²) in [6.07, 6.45) is 11.5. The first-order valence-corrected chi connectivity index (χ1v) is 9.59. The molecule has 7 heteroatoms. The number of aliphatic hydroxyl groups is 1. The lowest BCUT2D eigenvalue weighted by atomic mass is 9.98. The molecule has 1 amide bonds. The van der Waals surface area contributed by atoms with Gasteiger partial charge in [0, 0.05) is 43.6 Å². The van der Waals surface area contributed by atoms with Gasteiger partial charge < -0.3 is 19.1 Å². The van der Waals surface area contributed by atoms with E-state index in [1.165, 1.54) is 6.42 Å². The molecular formula is C20H25N5O2. The Balaban J connectivity index is 1.51. The van der Waals surface area contributed by atoms with E-state index in [1.807, 2.05) is 40.2 Å². The summed E-state index contributed by atoms with van der Waals surface area (Å²) in [5.41, 5.74) is 2.42. The Bertz CT molecular complexity index is 902. The zero-order valence-electron chi connectivity index (χ0n) is 15.4. The van der Waals surface area contributed by atoms with Crippen LogP contribution in [0.4, 0.5) is 0 Å². The van der Waals surface area contributed by atoms with Crippen LogP contribution in [0.2, 0.25) is 0 Å². The summed E-state index contributed by atoms with van der Waals surface area (Å²) in [6.45, 7) is 2.26. The fraction of sp³-hybridized carbons (Fsp3) is 0.450. The molecule has 4 rings (SSSR count). The molecule has 0 spiro atoms. The van der Waals surface area contributed by atoms with E-state index in [0.717, 1.165) is 43.4 Å². The summed E-state index contributed by atoms with van der Waals surface area (Å²) < 4.78 is 3.97. The number of benzene rings is 1. The van der Waals surface area contributed by atoms with E-state index in [1.54, 1.807) is 12.5 Å². The standard InChI is InChI=1S/C20H25N5O2/c26-12-11-24-15-22-18-13-16(4-5-19(18)24)20(27)25-8-2-1-3-17(25)6-9-23-10-7-21-14-23/h4-5,7,10,13-15,17,26H,1-3,6,8-9,11-12H2. The number of amides is 1. The summed E-state index contributed by atoms with van der Waals surface area (Å²) in [5, 5.41) is 9.14. The minimum Gasteiger partial charge on any atom is -0.395 e. The number of aliphatic hydroxyl groups excluding tert-OH is 1. The highest BCUT2D eigenvalue weighted by Gasteiger charge is 2.27. The third-order valence-corrected chi connectivity index (χ3v) is 5.38. The number of piperidine rings is 1. The molecule has 27 heavy (non-hydrogen) atoms. The number of nitrogens with zero attached hydrogens (tertiary/aromatic N) is 5. The number of imidazole rings is 2. The predicted molar refractivity (Wildman–Crippen MR) is 102 cm³/mol. The fourth-order valence-corrected chi connectivity index (χ4v) is 3.93. The molecule has 1 atom stereocenters. The Kier molecular flexibility index (Phi) is 5.20. The summed E-state index contributed by atoms with van der Waals surface area (Å²) in [6, 6.07) is 5.93. The SMILES string of the molecule is O=C(c1ccc2c(c1)ncn2CCO)N1CCCCC1CCn1ccnc1. The van der Waals surface area contributed by atoms with Crippen molar-refractivity contribution in [1.29, 1.82) is 0 Å². The van der Waals surface area contributed by atoms with Crippen molar-refractivity contribution in [1.82, 2.24) is 24.0 Å². The van der Waals surface area contributed by atoms with Crippen molar-refractivity contribution in [3.63, 3.8) is 0 Å². The highest BCUT2D eigenvalue weighted by molar-refractivity contribution is 5.97. The van der Waals surface area contributed by atoms with Crippen LogP contribution in [0, 0.1) is 0 Å². The van der Waals surface area contributed by atoms with Crippen molar-refractivity contribution in [3.05, 3.63) is 48.8 Å². The molecular weight excluding hydrogens is 342 g/mol. The second kappa shape index (κ2) is 7.92. The number of hydrogen-bond acceptors (Lipinski definition) is 4. The van der Waals surface area contributed by atoms with Crippen molar-refractivity contribution in [2.24, 2.45) is 0 Å². The largest absolute Gasteiger partial charge is 0.395 e. The van der Waals surface area contributed by atoms with E-state index in [2.05, 4.69) is 14.5 Å². The second-order valence-corrected chi connectivity index (χ2v) is 7.10. The molecule has 3 aromatic rings. The van der Waals surface area contributed by atoms with Gasteiger partial charge in [0.2, 0.25) is 0 Å². The van der Waals surface area contributed by atoms with Crippen LogP contribution in [-0.2, 0) is 13.1 Å². The molecule has 0 bridgehead atoms. The lowest BCUT2D eigenvalue weighted by molar-refractivity contribution is 0.0595. The number of aromatic nitrogens is 4. The van der Waals surface area contributed by atoms with E-state index in [-0.39, 0.29) is 18.6 Å². The zero-order chi connectivity index (χ0) is 18.6. The van der Waals surface area contributed by atoms with Gasteiger partial charge in [0.25, 0.3) is 5.91 Å². The van der Waals surface area contributed by atoms with E-state index in [0.29, 0.717) is 12.1 Å². The van der Waals surface area contributed by atoms with Gasteiger partial charge in [-0.05, 0) is 43.9 Å². The zero-order valence-corrected chi connectivity index (χ0v) is 15.4. The van der Waals surface area contributed by atoms with Gasteiger partial charge in [-0.3, -0.25) is 4.79 Å². The highest BCUT2D eigenvalue weighted by Crippen LogP contribution is 2.24. The molecule has 0 saturated carbocycles. The molecule has 1 aliphatic heterocycles. The fourth-order valence-electron chi connectivity index (χ4n) is 3.93. The topological polar surface area (TPSA) is 76.2 Å². The van der Waals surface area contributed by atoms with E-state index in [4.69, 9.17) is 5.11 Å². The van der Waals surface area contributed by atoms with Crippen LogP contribution in [0.25, 0.3) is 11.0 Å². The first-order chi connectivity index (χ1) is 13.3. The Morgan fingerprint density at radius 3 is 2.96 bits per heavy atom. The maximum atomic E-state index is 13.2. The number of aryl methyl sites for hydroxylation is 1. The van der Waals surface area contributed by atoms with Gasteiger partial charge in [-0.2, -0.15) is 0 Å². The number of hydrogen-bond donors (Lipinski definition) is 1. The minimum absolute atomic E-state index is 0.0680. The summed E-state index contributed by atoms with van der Waals surface area (Å²) in [4.78, 5) is 23.7. The van der Waals surface area contributed by atoms with Crippen molar-refractivity contribution >= 4 is 16.9 Å². The van der Waals surface area contributed by atoms with Crippen LogP contribution in [-0.4, -0.2) is 54.2 Å². The van der Waals surface area contributed by atoms with E-state index >= 15 is 0 Å². The van der Waals surface area contributed by atoms with Crippen LogP contribution in [0.3, 0.4) is 0 Å². The third kappa shape index (κ3) is 3.73. The first-order valence-electron chi connectivity index (χ1n) is 9.59. The number of likely N-dealkylation sites (tertiary alicyclic amines) is 1. The summed E-state index contributed by atoms with van der Waals surface area (Å²) in [7, 11) is 0. The second-order valence-electron chi connectivity index (χ2n) is 7.10. The van der Waals surface area contributed by atoms with Crippen molar-refractivity contribution < 1.29 is 9.90 Å². The average molecular weight is 367 g/mol. The molecule has 0 radical (unpaired) electrons. The Morgan fingerprint density at radius 2 is 2.15 bits per heavy atom. The molecule has 2 aromatic heterocycles. The Hall–Kier alpha value is -2.67. The van der Waals surface area contributed by atoms with Gasteiger partial charge in [-0.1, -0.05) is 0 Å². The molecule has 1 N–H and O–H groups in total. The van der Waals surface area contributed by atoms with E-state index in [9.17, 15) is 4.79 Å². The smallest absolute Gasteiger partial charge is 0.254 e.